The minimum atomic E-state index is -0.116. The summed E-state index contributed by atoms with van der Waals surface area (Å²) in [7, 11) is 1.60. The number of pyridine rings is 1. The topological polar surface area (TPSA) is 66.5 Å². The summed E-state index contributed by atoms with van der Waals surface area (Å²) in [6.45, 7) is 5.65. The average molecular weight is 431 g/mol. The molecule has 2 aromatic rings. The average Bonchev–Trinajstić information content (AvgIpc) is 2.77. The molecule has 0 aliphatic heterocycles. The molecule has 0 amide bonds. The zero-order valence-corrected chi connectivity index (χ0v) is 19.9. The van der Waals surface area contributed by atoms with Crippen LogP contribution in [0.1, 0.15) is 90.9 Å². The number of unbranched alkanes of at least 4 members (excludes halogenated alkanes) is 10. The second-order valence-corrected chi connectivity index (χ2v) is 8.48. The summed E-state index contributed by atoms with van der Waals surface area (Å²) < 4.78 is 13.5. The fraction of sp³-hybridized carbons (Fsp3) is 0.654. The van der Waals surface area contributed by atoms with Crippen LogP contribution in [0.2, 0.25) is 0 Å². The van der Waals surface area contributed by atoms with Gasteiger partial charge in [-0.05, 0) is 31.0 Å². The molecule has 0 fully saturated rings. The number of methoxy groups -OCH3 is 1. The van der Waals surface area contributed by atoms with Crippen molar-refractivity contribution >= 4 is 16.6 Å². The van der Waals surface area contributed by atoms with Crippen LogP contribution in [-0.4, -0.2) is 18.3 Å². The highest BCUT2D eigenvalue weighted by atomic mass is 16.5. The van der Waals surface area contributed by atoms with E-state index < -0.39 is 0 Å². The SMILES string of the molecule is CCCCCCCCOc1c(OC)c2ccc(N)cc2n(CCCCCCCC)c1=O. The van der Waals surface area contributed by atoms with Crippen molar-refractivity contribution in [3.8, 4) is 11.5 Å². The third-order valence-corrected chi connectivity index (χ3v) is 5.89. The third kappa shape index (κ3) is 7.48. The molecule has 2 N–H and O–H groups in total. The zero-order chi connectivity index (χ0) is 22.5. The number of nitrogens with two attached hydrogens (primary N) is 1. The molecule has 1 aromatic carbocycles. The van der Waals surface area contributed by atoms with Gasteiger partial charge in [0, 0.05) is 17.6 Å². The van der Waals surface area contributed by atoms with Crippen LogP contribution >= 0.6 is 0 Å². The second-order valence-electron chi connectivity index (χ2n) is 8.48. The lowest BCUT2D eigenvalue weighted by atomic mass is 10.1. The maximum absolute atomic E-state index is 13.4. The molecule has 0 unspecified atom stereocenters. The Bertz CT molecular complexity index is 845. The molecule has 174 valence electrons. The largest absolute Gasteiger partial charge is 0.492 e. The van der Waals surface area contributed by atoms with E-state index in [4.69, 9.17) is 15.2 Å². The molecule has 0 bridgehead atoms. The van der Waals surface area contributed by atoms with Crippen LogP contribution in [0.15, 0.2) is 23.0 Å². The maximum atomic E-state index is 13.4. The van der Waals surface area contributed by atoms with Gasteiger partial charge in [-0.15, -0.1) is 0 Å². The van der Waals surface area contributed by atoms with Gasteiger partial charge in [-0.2, -0.15) is 0 Å². The highest BCUT2D eigenvalue weighted by Crippen LogP contribution is 2.33. The zero-order valence-electron chi connectivity index (χ0n) is 19.9. The number of aryl methyl sites for hydroxylation is 1. The maximum Gasteiger partial charge on any atom is 0.297 e. The quantitative estimate of drug-likeness (QED) is 0.238. The molecule has 0 saturated carbocycles. The van der Waals surface area contributed by atoms with Crippen LogP contribution in [-0.2, 0) is 6.54 Å². The molecule has 0 radical (unpaired) electrons. The number of anilines is 1. The van der Waals surface area contributed by atoms with Gasteiger partial charge in [-0.3, -0.25) is 4.79 Å². The predicted molar refractivity (Wildman–Crippen MR) is 131 cm³/mol. The summed E-state index contributed by atoms with van der Waals surface area (Å²) in [6, 6.07) is 5.65. The molecule has 5 nitrogen and oxygen atoms in total. The molecule has 1 aromatic heterocycles. The van der Waals surface area contributed by atoms with E-state index in [1.807, 2.05) is 22.8 Å². The highest BCUT2D eigenvalue weighted by molar-refractivity contribution is 5.90. The number of hydrogen-bond donors (Lipinski definition) is 1. The van der Waals surface area contributed by atoms with Gasteiger partial charge in [0.15, 0.2) is 5.75 Å². The first-order chi connectivity index (χ1) is 15.1. The number of benzene rings is 1. The number of nitrogens with zero attached hydrogens (tertiary/aromatic N) is 1. The molecule has 0 aliphatic rings. The predicted octanol–water partition coefficient (Wildman–Crippen LogP) is 6.69. The fourth-order valence-electron chi connectivity index (χ4n) is 4.07. The van der Waals surface area contributed by atoms with Gasteiger partial charge in [0.25, 0.3) is 5.56 Å². The summed E-state index contributed by atoms with van der Waals surface area (Å²) >= 11 is 0. The lowest BCUT2D eigenvalue weighted by Gasteiger charge is -2.18. The molecule has 0 saturated heterocycles. The van der Waals surface area contributed by atoms with Gasteiger partial charge in [0.2, 0.25) is 5.75 Å². The normalized spacial score (nSPS) is 11.2. The lowest BCUT2D eigenvalue weighted by molar-refractivity contribution is 0.279. The molecule has 1 heterocycles. The van der Waals surface area contributed by atoms with Crippen molar-refractivity contribution in [3.05, 3.63) is 28.6 Å². The van der Waals surface area contributed by atoms with Crippen molar-refractivity contribution in [1.82, 2.24) is 4.57 Å². The summed E-state index contributed by atoms with van der Waals surface area (Å²) in [6.07, 6.45) is 14.2. The van der Waals surface area contributed by atoms with Gasteiger partial charge in [0.1, 0.15) is 0 Å². The summed E-state index contributed by atoms with van der Waals surface area (Å²) in [4.78, 5) is 13.4. The molecular formula is C26H42N2O3. The number of ether oxygens (including phenoxy) is 2. The van der Waals surface area contributed by atoms with Crippen molar-refractivity contribution in [2.24, 2.45) is 0 Å². The number of hydrogen-bond acceptors (Lipinski definition) is 4. The Morgan fingerprint density at radius 2 is 1.45 bits per heavy atom. The molecule has 31 heavy (non-hydrogen) atoms. The van der Waals surface area contributed by atoms with Gasteiger partial charge in [-0.25, -0.2) is 0 Å². The first-order valence-corrected chi connectivity index (χ1v) is 12.3. The highest BCUT2D eigenvalue weighted by Gasteiger charge is 2.19. The van der Waals surface area contributed by atoms with Gasteiger partial charge < -0.3 is 19.8 Å². The molecular weight excluding hydrogens is 388 g/mol. The van der Waals surface area contributed by atoms with E-state index in [0.29, 0.717) is 30.3 Å². The van der Waals surface area contributed by atoms with Crippen LogP contribution in [0.25, 0.3) is 10.9 Å². The first kappa shape index (κ1) is 25.1. The van der Waals surface area contributed by atoms with E-state index in [0.717, 1.165) is 36.6 Å². The Kier molecular flexibility index (Phi) is 11.3. The van der Waals surface area contributed by atoms with Crippen LogP contribution in [0.4, 0.5) is 5.69 Å². The Labute approximate surface area is 187 Å². The van der Waals surface area contributed by atoms with E-state index in [2.05, 4.69) is 13.8 Å². The van der Waals surface area contributed by atoms with Gasteiger partial charge in [0.05, 0.1) is 19.2 Å². The standard InChI is InChI=1S/C26H42N2O3/c1-4-6-8-10-12-14-18-28-23-20-21(27)16-17-22(23)24(30-3)25(26(28)29)31-19-15-13-11-9-7-5-2/h16-17,20H,4-15,18-19,27H2,1-3H3. The van der Waals surface area contributed by atoms with Gasteiger partial charge >= 0.3 is 0 Å². The lowest BCUT2D eigenvalue weighted by Crippen LogP contribution is -2.24. The summed E-state index contributed by atoms with van der Waals surface area (Å²) in [5.74, 6) is 0.851. The van der Waals surface area contributed by atoms with Crippen LogP contribution in [0.3, 0.4) is 0 Å². The van der Waals surface area contributed by atoms with E-state index in [1.54, 1.807) is 7.11 Å². The smallest absolute Gasteiger partial charge is 0.297 e. The number of fused-ring (bicyclic) bond motifs is 1. The van der Waals surface area contributed by atoms with Crippen LogP contribution in [0, 0.1) is 0 Å². The number of nitrogen functional groups attached to an aromatic ring is 1. The van der Waals surface area contributed by atoms with E-state index >= 15 is 0 Å². The van der Waals surface area contributed by atoms with Crippen molar-refractivity contribution in [3.63, 3.8) is 0 Å². The fourth-order valence-corrected chi connectivity index (χ4v) is 4.07. The molecule has 5 heteroatoms. The van der Waals surface area contributed by atoms with Crippen LogP contribution < -0.4 is 20.8 Å². The van der Waals surface area contributed by atoms with Crippen LogP contribution in [0.5, 0.6) is 11.5 Å². The van der Waals surface area contributed by atoms with Crippen molar-refractivity contribution in [2.45, 2.75) is 97.4 Å². The number of rotatable bonds is 16. The molecule has 0 spiro atoms. The third-order valence-electron chi connectivity index (χ3n) is 5.89. The second kappa shape index (κ2) is 14.0. The first-order valence-electron chi connectivity index (χ1n) is 12.3. The Morgan fingerprint density at radius 3 is 2.10 bits per heavy atom. The van der Waals surface area contributed by atoms with Crippen molar-refractivity contribution in [2.75, 3.05) is 19.5 Å². The Morgan fingerprint density at radius 1 is 0.839 bits per heavy atom. The molecule has 0 atom stereocenters. The van der Waals surface area contributed by atoms with Crippen molar-refractivity contribution in [1.29, 1.82) is 0 Å². The van der Waals surface area contributed by atoms with E-state index in [-0.39, 0.29) is 5.56 Å². The minimum absolute atomic E-state index is 0.116. The monoisotopic (exact) mass is 430 g/mol. The minimum Gasteiger partial charge on any atom is -0.492 e. The van der Waals surface area contributed by atoms with E-state index in [9.17, 15) is 4.79 Å². The summed E-state index contributed by atoms with van der Waals surface area (Å²) in [5, 5.41) is 0.875. The molecule has 2 rings (SSSR count). The van der Waals surface area contributed by atoms with E-state index in [1.165, 1.54) is 51.4 Å². The van der Waals surface area contributed by atoms with Crippen molar-refractivity contribution < 1.29 is 9.47 Å². The number of aromatic nitrogens is 1. The Hall–Kier alpha value is -2.17. The summed E-state index contributed by atoms with van der Waals surface area (Å²) in [5.41, 5.74) is 7.39. The Balaban J connectivity index is 2.18. The van der Waals surface area contributed by atoms with Gasteiger partial charge in [-0.1, -0.05) is 78.1 Å². The molecule has 0 aliphatic carbocycles.